The molecule has 1 heterocycles. The van der Waals surface area contributed by atoms with E-state index in [1.165, 1.54) is 6.08 Å². The van der Waals surface area contributed by atoms with Crippen LogP contribution < -0.4 is 4.90 Å². The first kappa shape index (κ1) is 13.9. The zero-order valence-corrected chi connectivity index (χ0v) is 10.6. The van der Waals surface area contributed by atoms with Crippen molar-refractivity contribution in [1.29, 1.82) is 0 Å². The Bertz CT molecular complexity index is 438. The molecule has 0 fully saturated rings. The number of aromatic nitrogens is 2. The number of nitrogens with zero attached hydrogens (tertiary/aromatic N) is 3. The molecule has 18 heavy (non-hydrogen) atoms. The third-order valence-electron chi connectivity index (χ3n) is 2.28. The molecule has 96 valence electrons. The quantitative estimate of drug-likeness (QED) is 0.615. The molecule has 0 aromatic carbocycles. The fourth-order valence-electron chi connectivity index (χ4n) is 1.40. The summed E-state index contributed by atoms with van der Waals surface area (Å²) in [5, 5.41) is 8.51. The second kappa shape index (κ2) is 6.54. The minimum Gasteiger partial charge on any atom is -0.478 e. The highest BCUT2D eigenvalue weighted by atomic mass is 16.4. The summed E-state index contributed by atoms with van der Waals surface area (Å²) >= 11 is 0. The zero-order chi connectivity index (χ0) is 13.5. The molecular weight excluding hydrogens is 230 g/mol. The van der Waals surface area contributed by atoms with Gasteiger partial charge in [-0.2, -0.15) is 0 Å². The van der Waals surface area contributed by atoms with Gasteiger partial charge in [0.15, 0.2) is 0 Å². The Morgan fingerprint density at radius 2 is 2.11 bits per heavy atom. The summed E-state index contributed by atoms with van der Waals surface area (Å²) in [5.74, 6) is -0.382. The van der Waals surface area contributed by atoms with Crippen LogP contribution in [0.15, 0.2) is 31.1 Å². The van der Waals surface area contributed by atoms with Gasteiger partial charge in [0.2, 0.25) is 5.95 Å². The number of aliphatic carboxylic acids is 1. The van der Waals surface area contributed by atoms with Gasteiger partial charge in [-0.3, -0.25) is 0 Å². The van der Waals surface area contributed by atoms with E-state index in [0.29, 0.717) is 18.1 Å². The molecule has 0 radical (unpaired) electrons. The fourth-order valence-corrected chi connectivity index (χ4v) is 1.40. The minimum atomic E-state index is -0.991. The first-order valence-corrected chi connectivity index (χ1v) is 5.65. The van der Waals surface area contributed by atoms with E-state index in [2.05, 4.69) is 16.5 Å². The SMILES string of the molecule is C=CCN(c1ncc(/C=C/C(=O)O)cn1)C(C)C. The summed E-state index contributed by atoms with van der Waals surface area (Å²) in [7, 11) is 0. The predicted molar refractivity (Wildman–Crippen MR) is 71.4 cm³/mol. The topological polar surface area (TPSA) is 66.3 Å². The number of carboxylic acids is 1. The number of carbonyl (C=O) groups is 1. The van der Waals surface area contributed by atoms with E-state index in [4.69, 9.17) is 5.11 Å². The molecule has 1 N–H and O–H groups in total. The summed E-state index contributed by atoms with van der Waals surface area (Å²) in [4.78, 5) is 20.8. The van der Waals surface area contributed by atoms with Crippen LogP contribution in [0.1, 0.15) is 19.4 Å². The molecule has 0 spiro atoms. The summed E-state index contributed by atoms with van der Waals surface area (Å²) < 4.78 is 0. The lowest BCUT2D eigenvalue weighted by atomic mass is 10.3. The molecule has 0 saturated carbocycles. The van der Waals surface area contributed by atoms with Crippen molar-refractivity contribution in [2.45, 2.75) is 19.9 Å². The first-order chi connectivity index (χ1) is 8.54. The van der Waals surface area contributed by atoms with Gasteiger partial charge in [0.1, 0.15) is 0 Å². The Labute approximate surface area is 106 Å². The molecule has 5 heteroatoms. The summed E-state index contributed by atoms with van der Waals surface area (Å²) in [5.41, 5.74) is 0.656. The van der Waals surface area contributed by atoms with Gasteiger partial charge < -0.3 is 10.0 Å². The van der Waals surface area contributed by atoms with Crippen molar-refractivity contribution in [1.82, 2.24) is 9.97 Å². The van der Waals surface area contributed by atoms with E-state index in [1.54, 1.807) is 18.5 Å². The van der Waals surface area contributed by atoms with Crippen molar-refractivity contribution in [2.24, 2.45) is 0 Å². The Hall–Kier alpha value is -2.17. The molecule has 0 atom stereocenters. The van der Waals surface area contributed by atoms with Gasteiger partial charge in [0.25, 0.3) is 0 Å². The fraction of sp³-hybridized carbons (Fsp3) is 0.308. The third kappa shape index (κ3) is 4.01. The van der Waals surface area contributed by atoms with E-state index in [-0.39, 0.29) is 6.04 Å². The van der Waals surface area contributed by atoms with Crippen LogP contribution in [0, 0.1) is 0 Å². The average molecular weight is 247 g/mol. The van der Waals surface area contributed by atoms with Crippen molar-refractivity contribution in [2.75, 3.05) is 11.4 Å². The first-order valence-electron chi connectivity index (χ1n) is 5.65. The van der Waals surface area contributed by atoms with Gasteiger partial charge >= 0.3 is 5.97 Å². The van der Waals surface area contributed by atoms with Crippen molar-refractivity contribution >= 4 is 18.0 Å². The smallest absolute Gasteiger partial charge is 0.328 e. The lowest BCUT2D eigenvalue weighted by molar-refractivity contribution is -0.131. The molecule has 0 bridgehead atoms. The van der Waals surface area contributed by atoms with Crippen LogP contribution >= 0.6 is 0 Å². The largest absolute Gasteiger partial charge is 0.478 e. The standard InChI is InChI=1S/C13H17N3O2/c1-4-7-16(10(2)3)13-14-8-11(9-15-13)5-6-12(17)18/h4-6,8-10H,1,7H2,2-3H3,(H,17,18)/b6-5+. The molecule has 0 saturated heterocycles. The van der Waals surface area contributed by atoms with Crippen LogP contribution in [0.2, 0.25) is 0 Å². The van der Waals surface area contributed by atoms with E-state index < -0.39 is 5.97 Å². The second-order valence-corrected chi connectivity index (χ2v) is 4.02. The molecule has 0 amide bonds. The number of hydrogen-bond acceptors (Lipinski definition) is 4. The summed E-state index contributed by atoms with van der Waals surface area (Å²) in [6.07, 6.45) is 7.50. The van der Waals surface area contributed by atoms with Gasteiger partial charge in [-0.25, -0.2) is 14.8 Å². The zero-order valence-electron chi connectivity index (χ0n) is 10.6. The number of hydrogen-bond donors (Lipinski definition) is 1. The molecular formula is C13H17N3O2. The Kier molecular flexibility index (Phi) is 5.05. The Morgan fingerprint density at radius 1 is 1.50 bits per heavy atom. The van der Waals surface area contributed by atoms with Gasteiger partial charge in [0.05, 0.1) is 0 Å². The molecule has 1 aromatic heterocycles. The van der Waals surface area contributed by atoms with E-state index >= 15 is 0 Å². The van der Waals surface area contributed by atoms with Crippen LogP contribution in [0.5, 0.6) is 0 Å². The second-order valence-electron chi connectivity index (χ2n) is 4.02. The highest BCUT2D eigenvalue weighted by Gasteiger charge is 2.10. The number of anilines is 1. The molecule has 5 nitrogen and oxygen atoms in total. The molecule has 1 aromatic rings. The lowest BCUT2D eigenvalue weighted by Crippen LogP contribution is -2.32. The molecule has 1 rings (SSSR count). The molecule has 0 aliphatic heterocycles. The van der Waals surface area contributed by atoms with Crippen molar-refractivity contribution in [3.63, 3.8) is 0 Å². The van der Waals surface area contributed by atoms with Crippen molar-refractivity contribution < 1.29 is 9.90 Å². The number of carboxylic acid groups (broad SMARTS) is 1. The maximum atomic E-state index is 10.4. The number of rotatable bonds is 6. The van der Waals surface area contributed by atoms with Crippen molar-refractivity contribution in [3.8, 4) is 0 Å². The van der Waals surface area contributed by atoms with Crippen molar-refractivity contribution in [3.05, 3.63) is 36.7 Å². The van der Waals surface area contributed by atoms with E-state index in [1.807, 2.05) is 18.7 Å². The van der Waals surface area contributed by atoms with Crippen LogP contribution in [0.25, 0.3) is 6.08 Å². The van der Waals surface area contributed by atoms with Crippen LogP contribution in [0.3, 0.4) is 0 Å². The highest BCUT2D eigenvalue weighted by Crippen LogP contribution is 2.11. The van der Waals surface area contributed by atoms with E-state index in [9.17, 15) is 4.79 Å². The monoisotopic (exact) mass is 247 g/mol. The maximum absolute atomic E-state index is 10.4. The van der Waals surface area contributed by atoms with Crippen LogP contribution in [-0.2, 0) is 4.79 Å². The van der Waals surface area contributed by atoms with Crippen LogP contribution in [-0.4, -0.2) is 33.6 Å². The van der Waals surface area contributed by atoms with E-state index in [0.717, 1.165) is 6.08 Å². The Balaban J connectivity index is 2.86. The minimum absolute atomic E-state index is 0.267. The molecule has 0 aliphatic rings. The van der Waals surface area contributed by atoms with Gasteiger partial charge in [0, 0.05) is 36.6 Å². The molecule has 0 aliphatic carbocycles. The maximum Gasteiger partial charge on any atom is 0.328 e. The van der Waals surface area contributed by atoms with Gasteiger partial charge in [-0.05, 0) is 19.9 Å². The van der Waals surface area contributed by atoms with Gasteiger partial charge in [-0.15, -0.1) is 6.58 Å². The van der Waals surface area contributed by atoms with Gasteiger partial charge in [-0.1, -0.05) is 6.08 Å². The normalized spacial score (nSPS) is 10.8. The van der Waals surface area contributed by atoms with Crippen LogP contribution in [0.4, 0.5) is 5.95 Å². The average Bonchev–Trinajstić information content (AvgIpc) is 2.34. The highest BCUT2D eigenvalue weighted by molar-refractivity contribution is 5.85. The third-order valence-corrected chi connectivity index (χ3v) is 2.28. The molecule has 0 unspecified atom stereocenters. The summed E-state index contributed by atoms with van der Waals surface area (Å²) in [6, 6.07) is 0.267. The predicted octanol–water partition coefficient (Wildman–Crippen LogP) is 1.98. The summed E-state index contributed by atoms with van der Waals surface area (Å²) in [6.45, 7) is 8.46. The lowest BCUT2D eigenvalue weighted by Gasteiger charge is -2.24. The Morgan fingerprint density at radius 3 is 2.56 bits per heavy atom.